The third-order valence-corrected chi connectivity index (χ3v) is 5.10. The Hall–Kier alpha value is -0.590. The summed E-state index contributed by atoms with van der Waals surface area (Å²) in [6.07, 6.45) is 2.00. The molecule has 1 aromatic heterocycles. The molecule has 2 heterocycles. The number of hydrogen-bond acceptors (Lipinski definition) is 5. The van der Waals surface area contributed by atoms with Crippen molar-refractivity contribution in [3.8, 4) is 0 Å². The molecule has 2 rings (SSSR count). The van der Waals surface area contributed by atoms with Gasteiger partial charge in [-0.15, -0.1) is 11.3 Å². The third kappa shape index (κ3) is 3.24. The molecule has 0 atom stereocenters. The van der Waals surface area contributed by atoms with Gasteiger partial charge in [0.1, 0.15) is 5.60 Å². The quantitative estimate of drug-likeness (QED) is 0.882. The summed E-state index contributed by atoms with van der Waals surface area (Å²) in [4.78, 5) is 16.4. The van der Waals surface area contributed by atoms with E-state index in [4.69, 9.17) is 0 Å². The normalized spacial score (nSPS) is 18.6. The summed E-state index contributed by atoms with van der Waals surface area (Å²) in [6, 6.07) is 0. The lowest BCUT2D eigenvalue weighted by molar-refractivity contribution is -0.140. The molecule has 0 radical (unpaired) electrons. The molecule has 1 fully saturated rings. The molecular weight excluding hydrogens is 268 g/mol. The SMILES string of the molecule is CCc1nc(CNC(=O)C2(O)CCSCC2)cs1. The molecule has 6 heteroatoms. The first kappa shape index (κ1) is 13.8. The Bertz CT molecular complexity index is 414. The third-order valence-electron chi connectivity index (χ3n) is 3.07. The first-order valence-electron chi connectivity index (χ1n) is 6.16. The Morgan fingerprint density at radius 1 is 1.56 bits per heavy atom. The van der Waals surface area contributed by atoms with Crippen LogP contribution in [0.3, 0.4) is 0 Å². The summed E-state index contributed by atoms with van der Waals surface area (Å²) < 4.78 is 0. The molecule has 1 aromatic rings. The summed E-state index contributed by atoms with van der Waals surface area (Å²) in [7, 11) is 0. The molecule has 1 aliphatic rings. The molecule has 0 aliphatic carbocycles. The number of carbonyl (C=O) groups excluding carboxylic acids is 1. The second kappa shape index (κ2) is 6.04. The number of hydrogen-bond donors (Lipinski definition) is 2. The first-order chi connectivity index (χ1) is 8.64. The molecule has 1 aliphatic heterocycles. The zero-order valence-corrected chi connectivity index (χ0v) is 12.1. The fraction of sp³-hybridized carbons (Fsp3) is 0.667. The van der Waals surface area contributed by atoms with Gasteiger partial charge in [0, 0.05) is 5.38 Å². The fourth-order valence-electron chi connectivity index (χ4n) is 1.86. The number of rotatable bonds is 4. The Morgan fingerprint density at radius 2 is 2.28 bits per heavy atom. The maximum Gasteiger partial charge on any atom is 0.252 e. The molecule has 0 aromatic carbocycles. The van der Waals surface area contributed by atoms with Crippen molar-refractivity contribution >= 4 is 29.0 Å². The second-order valence-electron chi connectivity index (χ2n) is 4.41. The number of carbonyl (C=O) groups is 1. The van der Waals surface area contributed by atoms with Crippen LogP contribution in [0.4, 0.5) is 0 Å². The highest BCUT2D eigenvalue weighted by Crippen LogP contribution is 2.27. The molecule has 0 saturated carbocycles. The molecule has 100 valence electrons. The number of aromatic nitrogens is 1. The van der Waals surface area contributed by atoms with Gasteiger partial charge in [-0.05, 0) is 30.8 Å². The van der Waals surface area contributed by atoms with Crippen LogP contribution >= 0.6 is 23.1 Å². The smallest absolute Gasteiger partial charge is 0.252 e. The molecular formula is C12H18N2O2S2. The number of nitrogens with one attached hydrogen (secondary N) is 1. The number of thioether (sulfide) groups is 1. The van der Waals surface area contributed by atoms with Crippen molar-refractivity contribution in [1.29, 1.82) is 0 Å². The van der Waals surface area contributed by atoms with E-state index < -0.39 is 5.60 Å². The zero-order valence-electron chi connectivity index (χ0n) is 10.4. The minimum absolute atomic E-state index is 0.256. The van der Waals surface area contributed by atoms with Gasteiger partial charge in [0.05, 0.1) is 17.2 Å². The van der Waals surface area contributed by atoms with Crippen molar-refractivity contribution in [2.24, 2.45) is 0 Å². The van der Waals surface area contributed by atoms with Crippen molar-refractivity contribution < 1.29 is 9.90 Å². The van der Waals surface area contributed by atoms with E-state index in [0.29, 0.717) is 19.4 Å². The van der Waals surface area contributed by atoms with Crippen molar-refractivity contribution in [3.63, 3.8) is 0 Å². The van der Waals surface area contributed by atoms with Gasteiger partial charge < -0.3 is 10.4 Å². The Kier molecular flexibility index (Phi) is 4.64. The van der Waals surface area contributed by atoms with E-state index in [0.717, 1.165) is 28.6 Å². The Balaban J connectivity index is 1.87. The van der Waals surface area contributed by atoms with Crippen LogP contribution in [0, 0.1) is 0 Å². The first-order valence-corrected chi connectivity index (χ1v) is 8.19. The lowest BCUT2D eigenvalue weighted by Crippen LogP contribution is -2.48. The van der Waals surface area contributed by atoms with Crippen molar-refractivity contribution in [3.05, 3.63) is 16.1 Å². The standard InChI is InChI=1S/C12H18N2O2S2/c1-2-10-14-9(8-18-10)7-13-11(15)12(16)3-5-17-6-4-12/h8,16H,2-7H2,1H3,(H,13,15). The van der Waals surface area contributed by atoms with Gasteiger partial charge in [-0.3, -0.25) is 4.79 Å². The van der Waals surface area contributed by atoms with Gasteiger partial charge in [0.15, 0.2) is 0 Å². The maximum absolute atomic E-state index is 12.0. The summed E-state index contributed by atoms with van der Waals surface area (Å²) >= 11 is 3.39. The van der Waals surface area contributed by atoms with E-state index in [1.807, 2.05) is 5.38 Å². The lowest BCUT2D eigenvalue weighted by Gasteiger charge is -2.30. The fourth-order valence-corrected chi connectivity index (χ4v) is 3.78. The number of nitrogens with zero attached hydrogens (tertiary/aromatic N) is 1. The lowest BCUT2D eigenvalue weighted by atomic mass is 9.96. The van der Waals surface area contributed by atoms with Gasteiger partial charge in [0.2, 0.25) is 0 Å². The minimum atomic E-state index is -1.17. The highest BCUT2D eigenvalue weighted by atomic mass is 32.2. The number of aryl methyl sites for hydroxylation is 1. The predicted octanol–water partition coefficient (Wildman–Crippen LogP) is 1.58. The van der Waals surface area contributed by atoms with E-state index in [1.165, 1.54) is 0 Å². The molecule has 1 saturated heterocycles. The summed E-state index contributed by atoms with van der Waals surface area (Å²) in [5.74, 6) is 1.44. The predicted molar refractivity (Wildman–Crippen MR) is 74.8 cm³/mol. The van der Waals surface area contributed by atoms with Crippen LogP contribution in [0.5, 0.6) is 0 Å². The molecule has 18 heavy (non-hydrogen) atoms. The molecule has 1 amide bonds. The van der Waals surface area contributed by atoms with E-state index in [1.54, 1.807) is 23.1 Å². The molecule has 0 spiro atoms. The van der Waals surface area contributed by atoms with E-state index in [2.05, 4.69) is 17.2 Å². The van der Waals surface area contributed by atoms with Crippen molar-refractivity contribution in [2.75, 3.05) is 11.5 Å². The van der Waals surface area contributed by atoms with Gasteiger partial charge in [-0.2, -0.15) is 11.8 Å². The van der Waals surface area contributed by atoms with Gasteiger partial charge in [-0.1, -0.05) is 6.92 Å². The van der Waals surface area contributed by atoms with Crippen LogP contribution in [0.15, 0.2) is 5.38 Å². The zero-order chi connectivity index (χ0) is 13.0. The van der Waals surface area contributed by atoms with Crippen LogP contribution in [-0.2, 0) is 17.8 Å². The highest BCUT2D eigenvalue weighted by molar-refractivity contribution is 7.99. The Morgan fingerprint density at radius 3 is 2.89 bits per heavy atom. The van der Waals surface area contributed by atoms with Crippen molar-refractivity contribution in [2.45, 2.75) is 38.3 Å². The van der Waals surface area contributed by atoms with Crippen LogP contribution in [-0.4, -0.2) is 33.1 Å². The topological polar surface area (TPSA) is 62.2 Å². The van der Waals surface area contributed by atoms with Gasteiger partial charge in [0.25, 0.3) is 5.91 Å². The monoisotopic (exact) mass is 286 g/mol. The molecule has 0 bridgehead atoms. The molecule has 0 unspecified atom stereocenters. The summed E-state index contributed by atoms with van der Waals surface area (Å²) in [6.45, 7) is 2.47. The minimum Gasteiger partial charge on any atom is -0.380 e. The van der Waals surface area contributed by atoms with E-state index in [-0.39, 0.29) is 5.91 Å². The number of aliphatic hydroxyl groups is 1. The second-order valence-corrected chi connectivity index (χ2v) is 6.58. The van der Waals surface area contributed by atoms with Gasteiger partial charge >= 0.3 is 0 Å². The maximum atomic E-state index is 12.0. The highest BCUT2D eigenvalue weighted by Gasteiger charge is 2.37. The van der Waals surface area contributed by atoms with Crippen LogP contribution in [0.1, 0.15) is 30.5 Å². The van der Waals surface area contributed by atoms with E-state index in [9.17, 15) is 9.90 Å². The van der Waals surface area contributed by atoms with Crippen LogP contribution in [0.2, 0.25) is 0 Å². The van der Waals surface area contributed by atoms with Crippen LogP contribution < -0.4 is 5.32 Å². The van der Waals surface area contributed by atoms with Crippen LogP contribution in [0.25, 0.3) is 0 Å². The Labute approximate surface area is 115 Å². The average Bonchev–Trinajstić information content (AvgIpc) is 2.84. The molecule has 4 nitrogen and oxygen atoms in total. The average molecular weight is 286 g/mol. The molecule has 2 N–H and O–H groups in total. The van der Waals surface area contributed by atoms with E-state index >= 15 is 0 Å². The largest absolute Gasteiger partial charge is 0.380 e. The van der Waals surface area contributed by atoms with Gasteiger partial charge in [-0.25, -0.2) is 4.98 Å². The summed E-state index contributed by atoms with van der Waals surface area (Å²) in [5, 5.41) is 16.1. The summed E-state index contributed by atoms with van der Waals surface area (Å²) in [5.41, 5.74) is -0.298. The number of thiazole rings is 1. The van der Waals surface area contributed by atoms with Crippen molar-refractivity contribution in [1.82, 2.24) is 10.3 Å². The number of amides is 1.